The fourth-order valence-corrected chi connectivity index (χ4v) is 7.13. The zero-order valence-electron chi connectivity index (χ0n) is 13.9. The molecule has 0 heterocycles. The highest BCUT2D eigenvalue weighted by Gasteiger charge is 2.41. The van der Waals surface area contributed by atoms with Crippen molar-refractivity contribution in [2.45, 2.75) is 13.3 Å². The van der Waals surface area contributed by atoms with E-state index in [0.717, 1.165) is 12.0 Å². The summed E-state index contributed by atoms with van der Waals surface area (Å²) >= 11 is 0. The normalized spacial score (nSPS) is 12.5. The minimum atomic E-state index is -3.63. The van der Waals surface area contributed by atoms with Crippen LogP contribution >= 0.6 is 15.2 Å². The molecule has 8 heteroatoms. The lowest BCUT2D eigenvalue weighted by atomic mass is 10.1. The molecule has 6 nitrogen and oxygen atoms in total. The summed E-state index contributed by atoms with van der Waals surface area (Å²) in [6.45, 7) is 2.01. The van der Waals surface area contributed by atoms with Gasteiger partial charge in [-0.05, 0) is 12.0 Å². The van der Waals surface area contributed by atoms with Crippen molar-refractivity contribution in [1.29, 1.82) is 0 Å². The van der Waals surface area contributed by atoms with Gasteiger partial charge in [0.05, 0.1) is 0 Å². The molecule has 0 radical (unpaired) electrons. The van der Waals surface area contributed by atoms with E-state index in [4.69, 9.17) is 22.6 Å². The van der Waals surface area contributed by atoms with E-state index >= 15 is 0 Å². The summed E-state index contributed by atoms with van der Waals surface area (Å²) in [5.74, 6) is 0. The van der Waals surface area contributed by atoms with Crippen molar-refractivity contribution in [3.05, 3.63) is 35.4 Å². The van der Waals surface area contributed by atoms with Crippen LogP contribution in [0, 0.1) is 0 Å². The van der Waals surface area contributed by atoms with Crippen LogP contribution in [0.2, 0.25) is 0 Å². The molecule has 0 fully saturated rings. The lowest BCUT2D eigenvalue weighted by Gasteiger charge is -2.28. The van der Waals surface area contributed by atoms with Gasteiger partial charge < -0.3 is 22.6 Å². The molecule has 0 aliphatic rings. The summed E-state index contributed by atoms with van der Waals surface area (Å²) in [7, 11) is 0.309. The summed E-state index contributed by atoms with van der Waals surface area (Å²) in [5, 5.41) is 0.287. The Morgan fingerprint density at radius 2 is 1.41 bits per heavy atom. The molecule has 1 aromatic carbocycles. The Hall–Kier alpha value is -0.450. The highest BCUT2D eigenvalue weighted by molar-refractivity contribution is 7.89. The molecule has 1 rings (SSSR count). The fourth-order valence-electron chi connectivity index (χ4n) is 2.22. The molecule has 22 heavy (non-hydrogen) atoms. The van der Waals surface area contributed by atoms with Gasteiger partial charge in [-0.15, -0.1) is 0 Å². The lowest BCUT2D eigenvalue weighted by Crippen LogP contribution is -2.14. The van der Waals surface area contributed by atoms with Crippen LogP contribution in [0.3, 0.4) is 0 Å². The third-order valence-corrected chi connectivity index (χ3v) is 8.75. The quantitative estimate of drug-likeness (QED) is 0.662. The predicted molar refractivity (Wildman–Crippen MR) is 89.5 cm³/mol. The molecular formula is C14H24O6P2. The summed E-state index contributed by atoms with van der Waals surface area (Å²) in [6.07, 6.45) is 0.740. The fraction of sp³-hybridized carbons (Fsp3) is 0.500. The highest BCUT2D eigenvalue weighted by Crippen LogP contribution is 2.64. The first kappa shape index (κ1) is 19.6. The van der Waals surface area contributed by atoms with Crippen molar-refractivity contribution in [3.63, 3.8) is 0 Å². The Labute approximate surface area is 132 Å². The third-order valence-electron chi connectivity index (χ3n) is 3.36. The molecule has 0 aliphatic heterocycles. The second kappa shape index (κ2) is 8.42. The van der Waals surface area contributed by atoms with E-state index < -0.39 is 15.2 Å². The monoisotopic (exact) mass is 350 g/mol. The zero-order valence-corrected chi connectivity index (χ0v) is 15.6. The summed E-state index contributed by atoms with van der Waals surface area (Å²) in [6, 6.07) is 7.54. The summed E-state index contributed by atoms with van der Waals surface area (Å²) in [4.78, 5) is 0. The van der Waals surface area contributed by atoms with Crippen molar-refractivity contribution in [2.75, 3.05) is 35.5 Å². The van der Waals surface area contributed by atoms with Crippen molar-refractivity contribution in [2.24, 2.45) is 0 Å². The number of hydrogen-bond acceptors (Lipinski definition) is 6. The highest BCUT2D eigenvalue weighted by atomic mass is 31.2. The SMILES string of the molecule is CCc1ccccc1C(P(=O)(OC)OC)=P(OC)(OC)OC. The first-order valence-electron chi connectivity index (χ1n) is 6.72. The van der Waals surface area contributed by atoms with Gasteiger partial charge in [-0.2, -0.15) is 0 Å². The number of hydrogen-bond donors (Lipinski definition) is 0. The Kier molecular flexibility index (Phi) is 7.50. The Balaban J connectivity index is 3.91. The zero-order chi connectivity index (χ0) is 16.8. The van der Waals surface area contributed by atoms with E-state index in [1.807, 2.05) is 31.2 Å². The van der Waals surface area contributed by atoms with Gasteiger partial charge in [-0.1, -0.05) is 31.2 Å². The third kappa shape index (κ3) is 3.55. The first-order valence-corrected chi connectivity index (χ1v) is 9.81. The van der Waals surface area contributed by atoms with Crippen LogP contribution in [-0.4, -0.2) is 40.6 Å². The van der Waals surface area contributed by atoms with E-state index in [2.05, 4.69) is 0 Å². The van der Waals surface area contributed by atoms with Crippen LogP contribution in [-0.2, 0) is 33.6 Å². The largest absolute Gasteiger partial charge is 0.368 e. The molecule has 0 amide bonds. The average Bonchev–Trinajstić information content (AvgIpc) is 2.59. The molecule has 0 bridgehead atoms. The van der Waals surface area contributed by atoms with E-state index in [1.54, 1.807) is 0 Å². The molecule has 0 N–H and O–H groups in total. The van der Waals surface area contributed by atoms with Gasteiger partial charge >= 0.3 is 7.60 Å². The van der Waals surface area contributed by atoms with E-state index in [9.17, 15) is 4.57 Å². The molecule has 0 aromatic heterocycles. The first-order chi connectivity index (χ1) is 10.5. The van der Waals surface area contributed by atoms with Crippen LogP contribution in [0.1, 0.15) is 18.1 Å². The smallest absolute Gasteiger partial charge is 0.320 e. The summed E-state index contributed by atoms with van der Waals surface area (Å²) < 4.78 is 40.0. The van der Waals surface area contributed by atoms with Gasteiger partial charge in [0.25, 0.3) is 7.57 Å². The minimum absolute atomic E-state index is 0.287. The molecule has 0 saturated heterocycles. The maximum atomic E-state index is 13.1. The molecule has 0 aliphatic carbocycles. The standard InChI is InChI=1S/C14H24O6P2/c1-7-12-10-8-9-11-13(12)14(21(15,16-2)17-3)22(18-4,19-5)20-6/h8-11H,7H2,1-6H3. The predicted octanol–water partition coefficient (Wildman–Crippen LogP) is 3.91. The van der Waals surface area contributed by atoms with Crippen molar-refractivity contribution < 1.29 is 27.2 Å². The van der Waals surface area contributed by atoms with Gasteiger partial charge in [0.15, 0.2) is 0 Å². The molecule has 126 valence electrons. The topological polar surface area (TPSA) is 63.2 Å². The second-order valence-corrected chi connectivity index (χ2v) is 9.30. The maximum Gasteiger partial charge on any atom is 0.368 e. The second-order valence-electron chi connectivity index (χ2n) is 4.24. The van der Waals surface area contributed by atoms with Gasteiger partial charge in [-0.3, -0.25) is 4.57 Å². The lowest BCUT2D eigenvalue weighted by molar-refractivity contribution is 0.232. The molecule has 0 unspecified atom stereocenters. The van der Waals surface area contributed by atoms with E-state index in [1.165, 1.54) is 35.5 Å². The van der Waals surface area contributed by atoms with Gasteiger partial charge in [0.1, 0.15) is 5.03 Å². The van der Waals surface area contributed by atoms with Crippen LogP contribution in [0.25, 0.3) is 0 Å². The van der Waals surface area contributed by atoms with Gasteiger partial charge in [-0.25, -0.2) is 0 Å². The Morgan fingerprint density at radius 3 is 1.82 bits per heavy atom. The van der Waals surface area contributed by atoms with Gasteiger partial charge in [0, 0.05) is 41.1 Å². The van der Waals surface area contributed by atoms with Crippen LogP contribution in [0.4, 0.5) is 0 Å². The molecular weight excluding hydrogens is 326 g/mol. The Morgan fingerprint density at radius 1 is 0.909 bits per heavy atom. The van der Waals surface area contributed by atoms with Crippen molar-refractivity contribution >= 4 is 20.2 Å². The molecule has 1 aromatic rings. The minimum Gasteiger partial charge on any atom is -0.320 e. The molecule has 0 atom stereocenters. The number of benzene rings is 1. The number of aryl methyl sites for hydroxylation is 1. The number of rotatable bonds is 8. The van der Waals surface area contributed by atoms with Crippen LogP contribution in [0.5, 0.6) is 0 Å². The van der Waals surface area contributed by atoms with Gasteiger partial charge in [0.2, 0.25) is 0 Å². The Bertz CT molecular complexity index is 572. The maximum absolute atomic E-state index is 13.1. The van der Waals surface area contributed by atoms with E-state index in [0.29, 0.717) is 5.56 Å². The average molecular weight is 350 g/mol. The molecule has 0 saturated carbocycles. The van der Waals surface area contributed by atoms with Crippen LogP contribution < -0.4 is 0 Å². The van der Waals surface area contributed by atoms with Crippen molar-refractivity contribution in [1.82, 2.24) is 0 Å². The van der Waals surface area contributed by atoms with Crippen molar-refractivity contribution in [3.8, 4) is 0 Å². The van der Waals surface area contributed by atoms with Crippen LogP contribution in [0.15, 0.2) is 24.3 Å². The van der Waals surface area contributed by atoms with E-state index in [-0.39, 0.29) is 5.03 Å². The molecule has 0 spiro atoms. The summed E-state index contributed by atoms with van der Waals surface area (Å²) in [5.41, 5.74) is 1.68.